The van der Waals surface area contributed by atoms with Crippen molar-refractivity contribution < 1.29 is 32.2 Å². The SMILES string of the molecule is CC(OCC(F)(F)F)C(=O)NCCc1ccc2c(c1)OCO2. The number of fused-ring (bicyclic) bond motifs is 1. The summed E-state index contributed by atoms with van der Waals surface area (Å²) < 4.78 is 50.8. The number of alkyl halides is 3. The Morgan fingerprint density at radius 1 is 1.36 bits per heavy atom. The molecule has 0 aromatic heterocycles. The van der Waals surface area contributed by atoms with Crippen molar-refractivity contribution in [2.24, 2.45) is 0 Å². The van der Waals surface area contributed by atoms with E-state index in [9.17, 15) is 18.0 Å². The first-order valence-electron chi connectivity index (χ1n) is 6.70. The number of benzene rings is 1. The van der Waals surface area contributed by atoms with Crippen molar-refractivity contribution in [1.29, 1.82) is 0 Å². The van der Waals surface area contributed by atoms with Gasteiger partial charge >= 0.3 is 6.18 Å². The molecule has 1 N–H and O–H groups in total. The van der Waals surface area contributed by atoms with E-state index in [1.165, 1.54) is 6.92 Å². The Morgan fingerprint density at radius 3 is 2.82 bits per heavy atom. The van der Waals surface area contributed by atoms with Crippen LogP contribution < -0.4 is 14.8 Å². The van der Waals surface area contributed by atoms with Gasteiger partial charge in [-0.1, -0.05) is 6.07 Å². The molecule has 1 atom stereocenters. The Labute approximate surface area is 125 Å². The van der Waals surface area contributed by atoms with Gasteiger partial charge in [0.2, 0.25) is 12.7 Å². The molecular formula is C14H16F3NO4. The van der Waals surface area contributed by atoms with Gasteiger partial charge in [-0.15, -0.1) is 0 Å². The lowest BCUT2D eigenvalue weighted by atomic mass is 10.1. The van der Waals surface area contributed by atoms with E-state index in [0.29, 0.717) is 17.9 Å². The van der Waals surface area contributed by atoms with Gasteiger partial charge < -0.3 is 19.5 Å². The van der Waals surface area contributed by atoms with Gasteiger partial charge in [0.25, 0.3) is 0 Å². The van der Waals surface area contributed by atoms with Gasteiger partial charge in [0, 0.05) is 6.54 Å². The van der Waals surface area contributed by atoms with Crippen molar-refractivity contribution in [1.82, 2.24) is 5.32 Å². The number of carbonyl (C=O) groups excluding carboxylic acids is 1. The summed E-state index contributed by atoms with van der Waals surface area (Å²) in [5.74, 6) is 0.734. The summed E-state index contributed by atoms with van der Waals surface area (Å²) in [5.41, 5.74) is 0.924. The van der Waals surface area contributed by atoms with Gasteiger partial charge in [0.15, 0.2) is 11.5 Å². The third-order valence-corrected chi connectivity index (χ3v) is 3.02. The summed E-state index contributed by atoms with van der Waals surface area (Å²) in [5, 5.41) is 2.53. The lowest BCUT2D eigenvalue weighted by Gasteiger charge is -2.14. The molecule has 8 heteroatoms. The number of carbonyl (C=O) groups is 1. The summed E-state index contributed by atoms with van der Waals surface area (Å²) in [7, 11) is 0. The molecule has 1 aliphatic rings. The Balaban J connectivity index is 1.72. The summed E-state index contributed by atoms with van der Waals surface area (Å²) >= 11 is 0. The van der Waals surface area contributed by atoms with Crippen LogP contribution in [-0.2, 0) is 16.0 Å². The van der Waals surface area contributed by atoms with Crippen LogP contribution in [-0.4, -0.2) is 38.1 Å². The van der Waals surface area contributed by atoms with Gasteiger partial charge in [-0.3, -0.25) is 4.79 Å². The maximum atomic E-state index is 12.0. The van der Waals surface area contributed by atoms with Gasteiger partial charge in [-0.25, -0.2) is 0 Å². The second kappa shape index (κ2) is 6.87. The number of halogens is 3. The number of nitrogens with one attached hydrogen (secondary N) is 1. The lowest BCUT2D eigenvalue weighted by Crippen LogP contribution is -2.37. The smallest absolute Gasteiger partial charge is 0.411 e. The van der Waals surface area contributed by atoms with E-state index in [2.05, 4.69) is 10.1 Å². The number of rotatable bonds is 6. The average Bonchev–Trinajstić information content (AvgIpc) is 2.91. The van der Waals surface area contributed by atoms with E-state index < -0.39 is 24.8 Å². The summed E-state index contributed by atoms with van der Waals surface area (Å²) in [6.45, 7) is 0.313. The predicted molar refractivity (Wildman–Crippen MR) is 70.7 cm³/mol. The Kier molecular flexibility index (Phi) is 5.12. The van der Waals surface area contributed by atoms with E-state index >= 15 is 0 Å². The number of ether oxygens (including phenoxy) is 3. The van der Waals surface area contributed by atoms with E-state index in [4.69, 9.17) is 9.47 Å². The van der Waals surface area contributed by atoms with Crippen LogP contribution in [0.2, 0.25) is 0 Å². The summed E-state index contributed by atoms with van der Waals surface area (Å²) in [6, 6.07) is 5.41. The zero-order valence-corrected chi connectivity index (χ0v) is 11.9. The molecule has 1 aromatic carbocycles. The van der Waals surface area contributed by atoms with Crippen molar-refractivity contribution in [2.75, 3.05) is 19.9 Å². The first-order chi connectivity index (χ1) is 10.3. The van der Waals surface area contributed by atoms with Crippen LogP contribution >= 0.6 is 0 Å². The minimum atomic E-state index is -4.44. The topological polar surface area (TPSA) is 56.8 Å². The van der Waals surface area contributed by atoms with Crippen LogP contribution in [0.25, 0.3) is 0 Å². The molecule has 1 aliphatic heterocycles. The third-order valence-electron chi connectivity index (χ3n) is 3.02. The molecule has 22 heavy (non-hydrogen) atoms. The molecule has 0 bridgehead atoms. The van der Waals surface area contributed by atoms with E-state index in [-0.39, 0.29) is 13.3 Å². The van der Waals surface area contributed by atoms with Gasteiger partial charge in [0.1, 0.15) is 12.7 Å². The first-order valence-corrected chi connectivity index (χ1v) is 6.70. The largest absolute Gasteiger partial charge is 0.454 e. The molecule has 1 aromatic rings. The van der Waals surface area contributed by atoms with Crippen LogP contribution in [0.15, 0.2) is 18.2 Å². The first kappa shape index (κ1) is 16.4. The van der Waals surface area contributed by atoms with Crippen LogP contribution in [0.4, 0.5) is 13.2 Å². The average molecular weight is 319 g/mol. The second-order valence-electron chi connectivity index (χ2n) is 4.80. The van der Waals surface area contributed by atoms with Crippen LogP contribution in [0.1, 0.15) is 12.5 Å². The fourth-order valence-electron chi connectivity index (χ4n) is 1.87. The molecule has 0 saturated carbocycles. The van der Waals surface area contributed by atoms with E-state index in [1.54, 1.807) is 12.1 Å². The molecular weight excluding hydrogens is 303 g/mol. The molecule has 0 aliphatic carbocycles. The zero-order valence-electron chi connectivity index (χ0n) is 11.9. The molecule has 0 saturated heterocycles. The quantitative estimate of drug-likeness (QED) is 0.872. The molecule has 1 unspecified atom stereocenters. The fraction of sp³-hybridized carbons (Fsp3) is 0.500. The van der Waals surface area contributed by atoms with Crippen molar-refractivity contribution in [3.8, 4) is 11.5 Å². The minimum absolute atomic E-state index is 0.184. The molecule has 5 nitrogen and oxygen atoms in total. The highest BCUT2D eigenvalue weighted by Crippen LogP contribution is 2.32. The highest BCUT2D eigenvalue weighted by atomic mass is 19.4. The predicted octanol–water partition coefficient (Wildman–Crippen LogP) is 2.04. The van der Waals surface area contributed by atoms with E-state index in [0.717, 1.165) is 5.56 Å². The van der Waals surface area contributed by atoms with Gasteiger partial charge in [-0.2, -0.15) is 13.2 Å². The molecule has 1 heterocycles. The van der Waals surface area contributed by atoms with Crippen molar-refractivity contribution in [3.63, 3.8) is 0 Å². The van der Waals surface area contributed by atoms with Crippen molar-refractivity contribution in [3.05, 3.63) is 23.8 Å². The van der Waals surface area contributed by atoms with Crippen LogP contribution in [0.5, 0.6) is 11.5 Å². The number of hydrogen-bond acceptors (Lipinski definition) is 4. The Hall–Kier alpha value is -1.96. The van der Waals surface area contributed by atoms with Gasteiger partial charge in [0.05, 0.1) is 0 Å². The van der Waals surface area contributed by atoms with Crippen molar-refractivity contribution in [2.45, 2.75) is 25.6 Å². The monoisotopic (exact) mass is 319 g/mol. The Morgan fingerprint density at radius 2 is 2.09 bits per heavy atom. The molecule has 1 amide bonds. The second-order valence-corrected chi connectivity index (χ2v) is 4.80. The maximum absolute atomic E-state index is 12.0. The zero-order chi connectivity index (χ0) is 16.2. The number of hydrogen-bond donors (Lipinski definition) is 1. The van der Waals surface area contributed by atoms with Gasteiger partial charge in [-0.05, 0) is 31.0 Å². The highest BCUT2D eigenvalue weighted by molar-refractivity contribution is 5.80. The van der Waals surface area contributed by atoms with Crippen LogP contribution in [0, 0.1) is 0 Å². The van der Waals surface area contributed by atoms with E-state index in [1.807, 2.05) is 6.07 Å². The summed E-state index contributed by atoms with van der Waals surface area (Å²) in [4.78, 5) is 11.6. The molecule has 2 rings (SSSR count). The maximum Gasteiger partial charge on any atom is 0.411 e. The molecule has 0 radical (unpaired) electrons. The van der Waals surface area contributed by atoms with Crippen LogP contribution in [0.3, 0.4) is 0 Å². The fourth-order valence-corrected chi connectivity index (χ4v) is 1.87. The summed E-state index contributed by atoms with van der Waals surface area (Å²) in [6.07, 6.45) is -5.08. The molecule has 0 fully saturated rings. The standard InChI is InChI=1S/C14H16F3NO4/c1-9(20-7-14(15,16)17)13(19)18-5-4-10-2-3-11-12(6-10)22-8-21-11/h2-3,6,9H,4-5,7-8H2,1H3,(H,18,19). The molecule has 122 valence electrons. The lowest BCUT2D eigenvalue weighted by molar-refractivity contribution is -0.185. The highest BCUT2D eigenvalue weighted by Gasteiger charge is 2.29. The third kappa shape index (κ3) is 4.80. The minimum Gasteiger partial charge on any atom is -0.454 e. The Bertz CT molecular complexity index is 533. The normalized spacial score (nSPS) is 14.7. The van der Waals surface area contributed by atoms with Crippen molar-refractivity contribution >= 4 is 5.91 Å². The molecule has 0 spiro atoms. The number of amides is 1.